The SMILES string of the molecule is CC(C)COCCOC1(CNC(C)C)CCCC1. The van der Waals surface area contributed by atoms with Gasteiger partial charge in [0.2, 0.25) is 0 Å². The highest BCUT2D eigenvalue weighted by Crippen LogP contribution is 2.32. The highest BCUT2D eigenvalue weighted by Gasteiger charge is 2.34. The lowest BCUT2D eigenvalue weighted by atomic mass is 10.0. The first-order valence-corrected chi connectivity index (χ1v) is 7.49. The summed E-state index contributed by atoms with van der Waals surface area (Å²) in [6.07, 6.45) is 4.98. The minimum Gasteiger partial charge on any atom is -0.379 e. The molecule has 0 aromatic carbocycles. The van der Waals surface area contributed by atoms with Gasteiger partial charge in [0.05, 0.1) is 18.8 Å². The molecule has 0 saturated heterocycles. The van der Waals surface area contributed by atoms with Crippen LogP contribution in [-0.2, 0) is 9.47 Å². The summed E-state index contributed by atoms with van der Waals surface area (Å²) in [7, 11) is 0. The molecule has 0 bridgehead atoms. The Bertz CT molecular complexity index is 211. The molecular weight excluding hydrogens is 226 g/mol. The Morgan fingerprint density at radius 3 is 2.28 bits per heavy atom. The molecule has 1 rings (SSSR count). The fourth-order valence-electron chi connectivity index (χ4n) is 2.42. The van der Waals surface area contributed by atoms with Crippen molar-refractivity contribution in [3.8, 4) is 0 Å². The molecule has 0 radical (unpaired) electrons. The average molecular weight is 257 g/mol. The van der Waals surface area contributed by atoms with Gasteiger partial charge in [-0.2, -0.15) is 0 Å². The quantitative estimate of drug-likeness (QED) is 0.644. The van der Waals surface area contributed by atoms with Crippen molar-refractivity contribution < 1.29 is 9.47 Å². The predicted molar refractivity (Wildman–Crippen MR) is 75.9 cm³/mol. The maximum atomic E-state index is 6.14. The summed E-state index contributed by atoms with van der Waals surface area (Å²) in [4.78, 5) is 0. The Kier molecular flexibility index (Phi) is 7.20. The monoisotopic (exact) mass is 257 g/mol. The first kappa shape index (κ1) is 15.9. The van der Waals surface area contributed by atoms with Gasteiger partial charge in [0, 0.05) is 19.2 Å². The highest BCUT2D eigenvalue weighted by molar-refractivity contribution is 4.89. The Morgan fingerprint density at radius 1 is 1.06 bits per heavy atom. The van der Waals surface area contributed by atoms with Crippen molar-refractivity contribution in [2.75, 3.05) is 26.4 Å². The minimum atomic E-state index is 0.0749. The largest absolute Gasteiger partial charge is 0.379 e. The number of hydrogen-bond donors (Lipinski definition) is 1. The summed E-state index contributed by atoms with van der Waals surface area (Å²) in [5, 5.41) is 3.52. The molecule has 3 nitrogen and oxygen atoms in total. The Morgan fingerprint density at radius 2 is 1.72 bits per heavy atom. The fourth-order valence-corrected chi connectivity index (χ4v) is 2.42. The van der Waals surface area contributed by atoms with Crippen molar-refractivity contribution in [2.45, 2.75) is 65.0 Å². The van der Waals surface area contributed by atoms with Gasteiger partial charge >= 0.3 is 0 Å². The number of rotatable bonds is 9. The predicted octanol–water partition coefficient (Wildman–Crippen LogP) is 2.99. The average Bonchev–Trinajstić information content (AvgIpc) is 2.75. The summed E-state index contributed by atoms with van der Waals surface area (Å²) in [6.45, 7) is 12.0. The molecule has 0 amide bonds. The lowest BCUT2D eigenvalue weighted by Gasteiger charge is -2.30. The van der Waals surface area contributed by atoms with Gasteiger partial charge in [0.25, 0.3) is 0 Å². The molecule has 0 spiro atoms. The maximum absolute atomic E-state index is 6.14. The van der Waals surface area contributed by atoms with Crippen molar-refractivity contribution in [2.24, 2.45) is 5.92 Å². The molecule has 1 aliphatic carbocycles. The number of hydrogen-bond acceptors (Lipinski definition) is 3. The Labute approximate surface area is 113 Å². The summed E-state index contributed by atoms with van der Waals surface area (Å²) < 4.78 is 11.7. The number of nitrogens with one attached hydrogen (secondary N) is 1. The summed E-state index contributed by atoms with van der Waals surface area (Å²) in [5.41, 5.74) is 0.0749. The van der Waals surface area contributed by atoms with Gasteiger partial charge in [0.1, 0.15) is 0 Å². The Hall–Kier alpha value is -0.120. The second-order valence-corrected chi connectivity index (χ2v) is 6.24. The van der Waals surface area contributed by atoms with Crippen LogP contribution in [0.4, 0.5) is 0 Å². The van der Waals surface area contributed by atoms with Crippen molar-refractivity contribution in [3.63, 3.8) is 0 Å². The second-order valence-electron chi connectivity index (χ2n) is 6.24. The van der Waals surface area contributed by atoms with Crippen LogP contribution in [0.5, 0.6) is 0 Å². The van der Waals surface area contributed by atoms with E-state index in [1.54, 1.807) is 0 Å². The van der Waals surface area contributed by atoms with E-state index in [9.17, 15) is 0 Å². The van der Waals surface area contributed by atoms with E-state index in [0.29, 0.717) is 12.0 Å². The molecule has 0 aromatic heterocycles. The second kappa shape index (κ2) is 8.13. The molecule has 1 saturated carbocycles. The van der Waals surface area contributed by atoms with Crippen LogP contribution >= 0.6 is 0 Å². The lowest BCUT2D eigenvalue weighted by Crippen LogP contribution is -2.43. The zero-order valence-corrected chi connectivity index (χ0v) is 12.6. The summed E-state index contributed by atoms with van der Waals surface area (Å²) in [6, 6.07) is 0.531. The van der Waals surface area contributed by atoms with Gasteiger partial charge in [-0.25, -0.2) is 0 Å². The van der Waals surface area contributed by atoms with E-state index in [0.717, 1.165) is 26.4 Å². The first-order chi connectivity index (χ1) is 8.54. The van der Waals surface area contributed by atoms with Crippen molar-refractivity contribution in [3.05, 3.63) is 0 Å². The molecule has 108 valence electrons. The maximum Gasteiger partial charge on any atom is 0.0807 e. The lowest BCUT2D eigenvalue weighted by molar-refractivity contribution is -0.0654. The van der Waals surface area contributed by atoms with E-state index in [1.807, 2.05) is 0 Å². The first-order valence-electron chi connectivity index (χ1n) is 7.49. The third-order valence-electron chi connectivity index (χ3n) is 3.43. The highest BCUT2D eigenvalue weighted by atomic mass is 16.5. The van der Waals surface area contributed by atoms with Crippen LogP contribution in [-0.4, -0.2) is 38.0 Å². The van der Waals surface area contributed by atoms with Crippen LogP contribution in [0.2, 0.25) is 0 Å². The van der Waals surface area contributed by atoms with Gasteiger partial charge in [-0.3, -0.25) is 0 Å². The van der Waals surface area contributed by atoms with Gasteiger partial charge < -0.3 is 14.8 Å². The molecule has 3 heteroatoms. The van der Waals surface area contributed by atoms with E-state index < -0.39 is 0 Å². The third-order valence-corrected chi connectivity index (χ3v) is 3.43. The fraction of sp³-hybridized carbons (Fsp3) is 1.00. The molecule has 1 fully saturated rings. The van der Waals surface area contributed by atoms with Crippen molar-refractivity contribution in [1.82, 2.24) is 5.32 Å². The standard InChI is InChI=1S/C15H31NO2/c1-13(2)11-17-9-10-18-15(7-5-6-8-15)12-16-14(3)4/h13-14,16H,5-12H2,1-4H3. The van der Waals surface area contributed by atoms with Crippen molar-refractivity contribution >= 4 is 0 Å². The molecule has 0 aliphatic heterocycles. The van der Waals surface area contributed by atoms with E-state index in [2.05, 4.69) is 33.0 Å². The van der Waals surface area contributed by atoms with Crippen LogP contribution in [0.1, 0.15) is 53.4 Å². The zero-order chi connectivity index (χ0) is 13.4. The molecule has 0 aromatic rings. The van der Waals surface area contributed by atoms with Crippen LogP contribution in [0.3, 0.4) is 0 Å². The van der Waals surface area contributed by atoms with Crippen LogP contribution < -0.4 is 5.32 Å². The van der Waals surface area contributed by atoms with Gasteiger partial charge in [-0.1, -0.05) is 40.5 Å². The molecule has 0 heterocycles. The minimum absolute atomic E-state index is 0.0749. The Balaban J connectivity index is 2.21. The van der Waals surface area contributed by atoms with Crippen molar-refractivity contribution in [1.29, 1.82) is 0 Å². The van der Waals surface area contributed by atoms with E-state index in [1.165, 1.54) is 25.7 Å². The molecule has 18 heavy (non-hydrogen) atoms. The van der Waals surface area contributed by atoms with E-state index in [-0.39, 0.29) is 5.60 Å². The van der Waals surface area contributed by atoms with E-state index in [4.69, 9.17) is 9.47 Å². The summed E-state index contributed by atoms with van der Waals surface area (Å²) >= 11 is 0. The van der Waals surface area contributed by atoms with Crippen LogP contribution in [0.15, 0.2) is 0 Å². The number of ether oxygens (including phenoxy) is 2. The summed E-state index contributed by atoms with van der Waals surface area (Å²) in [5.74, 6) is 0.605. The molecule has 0 unspecified atom stereocenters. The van der Waals surface area contributed by atoms with E-state index >= 15 is 0 Å². The topological polar surface area (TPSA) is 30.5 Å². The molecule has 0 atom stereocenters. The van der Waals surface area contributed by atoms with Crippen LogP contribution in [0, 0.1) is 5.92 Å². The third kappa shape index (κ3) is 6.17. The van der Waals surface area contributed by atoms with Crippen LogP contribution in [0.25, 0.3) is 0 Å². The zero-order valence-electron chi connectivity index (χ0n) is 12.6. The van der Waals surface area contributed by atoms with Gasteiger partial charge in [-0.05, 0) is 18.8 Å². The molecule has 1 aliphatic rings. The smallest absolute Gasteiger partial charge is 0.0807 e. The molecule has 1 N–H and O–H groups in total. The molecular formula is C15H31NO2. The normalized spacial score (nSPS) is 19.0. The van der Waals surface area contributed by atoms with Gasteiger partial charge in [0.15, 0.2) is 0 Å². The van der Waals surface area contributed by atoms with Gasteiger partial charge in [-0.15, -0.1) is 0 Å².